The molecule has 0 radical (unpaired) electrons. The lowest BCUT2D eigenvalue weighted by atomic mass is 9.98. The number of non-ortho nitro benzene ring substituents is 1. The van der Waals surface area contributed by atoms with Gasteiger partial charge in [0.2, 0.25) is 11.8 Å². The summed E-state index contributed by atoms with van der Waals surface area (Å²) in [6.07, 6.45) is 0.924. The van der Waals surface area contributed by atoms with Crippen LogP contribution in [0.3, 0.4) is 0 Å². The number of hydrogen-bond acceptors (Lipinski definition) is 9. The van der Waals surface area contributed by atoms with Gasteiger partial charge in [0.25, 0.3) is 5.69 Å². The molecule has 2 aliphatic heterocycles. The van der Waals surface area contributed by atoms with Crippen LogP contribution in [0.2, 0.25) is 0 Å². The van der Waals surface area contributed by atoms with Crippen molar-refractivity contribution in [3.63, 3.8) is 0 Å². The first-order chi connectivity index (χ1) is 15.7. The maximum atomic E-state index is 13.0. The fourth-order valence-corrected chi connectivity index (χ4v) is 4.63. The topological polar surface area (TPSA) is 145 Å². The van der Waals surface area contributed by atoms with Crippen molar-refractivity contribution in [2.45, 2.75) is 50.8 Å². The number of carbonyl (C=O) groups excluding carboxylic acids is 4. The molecule has 2 heterocycles. The van der Waals surface area contributed by atoms with Crippen LogP contribution < -0.4 is 5.32 Å². The van der Waals surface area contributed by atoms with Crippen LogP contribution >= 0.6 is 11.8 Å². The third kappa shape index (κ3) is 5.51. The predicted octanol–water partition coefficient (Wildman–Crippen LogP) is 1.65. The van der Waals surface area contributed by atoms with Crippen LogP contribution in [0.15, 0.2) is 35.2 Å². The van der Waals surface area contributed by atoms with E-state index in [9.17, 15) is 29.3 Å². The van der Waals surface area contributed by atoms with E-state index < -0.39 is 40.2 Å². The van der Waals surface area contributed by atoms with Crippen LogP contribution in [0.4, 0.5) is 5.69 Å². The number of carbonyl (C=O) groups is 4. The first-order valence-electron chi connectivity index (χ1n) is 10.2. The van der Waals surface area contributed by atoms with Gasteiger partial charge in [0, 0.05) is 31.1 Å². The number of nitrogens with zero attached hydrogens (tertiary/aromatic N) is 2. The van der Waals surface area contributed by atoms with Gasteiger partial charge in [-0.05, 0) is 29.5 Å². The Balaban J connectivity index is 1.73. The lowest BCUT2D eigenvalue weighted by molar-refractivity contribution is -0.384. The van der Waals surface area contributed by atoms with Crippen LogP contribution in [0.1, 0.15) is 32.3 Å². The van der Waals surface area contributed by atoms with Crippen molar-refractivity contribution in [2.75, 3.05) is 6.61 Å². The third-order valence-electron chi connectivity index (χ3n) is 5.06. The second-order valence-corrected chi connectivity index (χ2v) is 8.47. The molecule has 1 N–H and O–H groups in total. The summed E-state index contributed by atoms with van der Waals surface area (Å²) in [6.45, 7) is 2.73. The lowest BCUT2D eigenvalue weighted by Gasteiger charge is -2.51. The minimum atomic E-state index is -1.11. The Morgan fingerprint density at radius 3 is 2.48 bits per heavy atom. The summed E-state index contributed by atoms with van der Waals surface area (Å²) in [4.78, 5) is 60.5. The van der Waals surface area contributed by atoms with E-state index in [4.69, 9.17) is 9.47 Å². The predicted molar refractivity (Wildman–Crippen MR) is 116 cm³/mol. The van der Waals surface area contributed by atoms with Crippen molar-refractivity contribution in [1.82, 2.24) is 10.2 Å². The normalized spacial score (nSPS) is 21.3. The number of thioether (sulfide) groups is 1. The number of esters is 2. The molecule has 3 atom stereocenters. The van der Waals surface area contributed by atoms with Crippen molar-refractivity contribution in [1.29, 1.82) is 0 Å². The van der Waals surface area contributed by atoms with Gasteiger partial charge >= 0.3 is 11.9 Å². The fourth-order valence-electron chi connectivity index (χ4n) is 3.42. The lowest BCUT2D eigenvalue weighted by Crippen LogP contribution is -2.74. The van der Waals surface area contributed by atoms with Crippen LogP contribution in [0.5, 0.6) is 0 Å². The van der Waals surface area contributed by atoms with E-state index in [0.29, 0.717) is 17.6 Å². The van der Waals surface area contributed by atoms with E-state index in [2.05, 4.69) is 5.32 Å². The van der Waals surface area contributed by atoms with E-state index in [1.165, 1.54) is 47.9 Å². The number of nitro groups is 1. The van der Waals surface area contributed by atoms with Gasteiger partial charge in [-0.1, -0.05) is 6.92 Å². The zero-order chi connectivity index (χ0) is 24.1. The Labute approximate surface area is 193 Å². The molecule has 0 aliphatic carbocycles. The van der Waals surface area contributed by atoms with E-state index in [-0.39, 0.29) is 31.2 Å². The summed E-state index contributed by atoms with van der Waals surface area (Å²) in [5, 5.41) is 14.6. The Bertz CT molecular complexity index is 994. The van der Waals surface area contributed by atoms with Gasteiger partial charge in [0.1, 0.15) is 24.6 Å². The summed E-state index contributed by atoms with van der Waals surface area (Å²) in [6, 6.07) is 3.66. The number of rotatable bonds is 9. The van der Waals surface area contributed by atoms with Gasteiger partial charge in [-0.3, -0.25) is 24.5 Å². The molecule has 12 heteroatoms. The van der Waals surface area contributed by atoms with Crippen molar-refractivity contribution in [2.24, 2.45) is 0 Å². The van der Waals surface area contributed by atoms with Crippen molar-refractivity contribution >= 4 is 41.2 Å². The molecule has 176 valence electrons. The number of amides is 2. The Kier molecular flexibility index (Phi) is 7.69. The number of ether oxygens (including phenoxy) is 2. The second kappa shape index (κ2) is 10.5. The molecule has 0 spiro atoms. The second-order valence-electron chi connectivity index (χ2n) is 7.47. The monoisotopic (exact) mass is 477 g/mol. The van der Waals surface area contributed by atoms with Crippen molar-refractivity contribution in [3.8, 4) is 0 Å². The quantitative estimate of drug-likeness (QED) is 0.243. The SMILES string of the molecule is CCCC(=O)NC1C(=O)N2C(C(=O)OCc3ccc([N+](=O)[O-])cc3)C(COC(C)=O)=CS[C@@H]12. The van der Waals surface area contributed by atoms with Crippen LogP contribution in [0.25, 0.3) is 0 Å². The molecular formula is C21H23N3O8S. The molecule has 0 saturated carbocycles. The molecule has 2 amide bonds. The number of nitro benzene ring substituents is 1. The Hall–Kier alpha value is -3.41. The Morgan fingerprint density at radius 1 is 1.18 bits per heavy atom. The molecule has 2 aliphatic rings. The van der Waals surface area contributed by atoms with Gasteiger partial charge in [-0.15, -0.1) is 11.8 Å². The molecule has 3 rings (SSSR count). The third-order valence-corrected chi connectivity index (χ3v) is 6.27. The zero-order valence-electron chi connectivity index (χ0n) is 18.0. The van der Waals surface area contributed by atoms with Crippen molar-refractivity contribution in [3.05, 3.63) is 50.9 Å². The molecule has 2 unspecified atom stereocenters. The van der Waals surface area contributed by atoms with Gasteiger partial charge in [0.15, 0.2) is 6.04 Å². The summed E-state index contributed by atoms with van der Waals surface area (Å²) in [5.74, 6) is -1.95. The number of hydrogen-bond donors (Lipinski definition) is 1. The number of nitrogens with one attached hydrogen (secondary N) is 1. The maximum Gasteiger partial charge on any atom is 0.333 e. The number of fused-ring (bicyclic) bond motifs is 1. The number of β-lactam (4-membered cyclic amide) rings is 1. The van der Waals surface area contributed by atoms with Gasteiger partial charge < -0.3 is 19.7 Å². The highest BCUT2D eigenvalue weighted by molar-refractivity contribution is 8.02. The van der Waals surface area contributed by atoms with Gasteiger partial charge in [0.05, 0.1) is 4.92 Å². The average molecular weight is 477 g/mol. The van der Waals surface area contributed by atoms with Crippen LogP contribution in [-0.4, -0.2) is 57.6 Å². The minimum absolute atomic E-state index is 0.0915. The first kappa shape index (κ1) is 24.2. The molecule has 1 saturated heterocycles. The zero-order valence-corrected chi connectivity index (χ0v) is 18.8. The molecule has 11 nitrogen and oxygen atoms in total. The summed E-state index contributed by atoms with van der Waals surface area (Å²) >= 11 is 1.25. The highest BCUT2D eigenvalue weighted by Gasteiger charge is 2.56. The largest absolute Gasteiger partial charge is 0.461 e. The standard InChI is InChI=1S/C21H23N3O8S/c1-3-4-16(26)22-17-19(27)23-18(14(10-31-12(2)25)11-33-20(17)23)21(28)32-9-13-5-7-15(8-6-13)24(29)30/h5-8,11,17-18,20H,3-4,9-10H2,1-2H3,(H,22,26)/t17?,18?,20-/m0/s1. The highest BCUT2D eigenvalue weighted by atomic mass is 32.2. The van der Waals surface area contributed by atoms with Crippen LogP contribution in [0, 0.1) is 10.1 Å². The molecule has 1 fully saturated rings. The van der Waals surface area contributed by atoms with Gasteiger partial charge in [-0.2, -0.15) is 0 Å². The summed E-state index contributed by atoms with van der Waals surface area (Å²) < 4.78 is 10.4. The van der Waals surface area contributed by atoms with Gasteiger partial charge in [-0.25, -0.2) is 4.79 Å². The van der Waals surface area contributed by atoms with Crippen molar-refractivity contribution < 1.29 is 33.6 Å². The van der Waals surface area contributed by atoms with E-state index in [0.717, 1.165) is 0 Å². The fraction of sp³-hybridized carbons (Fsp3) is 0.429. The average Bonchev–Trinajstić information content (AvgIpc) is 2.79. The van der Waals surface area contributed by atoms with E-state index in [1.807, 2.05) is 6.92 Å². The van der Waals surface area contributed by atoms with E-state index in [1.54, 1.807) is 5.41 Å². The minimum Gasteiger partial charge on any atom is -0.461 e. The smallest absolute Gasteiger partial charge is 0.333 e. The summed E-state index contributed by atoms with van der Waals surface area (Å²) in [5.41, 5.74) is 0.818. The molecule has 0 aromatic heterocycles. The van der Waals surface area contributed by atoms with E-state index >= 15 is 0 Å². The summed E-state index contributed by atoms with van der Waals surface area (Å²) in [7, 11) is 0. The molecule has 1 aromatic rings. The number of benzene rings is 1. The molecule has 0 bridgehead atoms. The van der Waals surface area contributed by atoms with Crippen LogP contribution in [-0.2, 0) is 35.3 Å². The molecule has 1 aromatic carbocycles. The Morgan fingerprint density at radius 2 is 1.88 bits per heavy atom. The first-order valence-corrected chi connectivity index (χ1v) is 11.2. The maximum absolute atomic E-state index is 13.0. The molecule has 33 heavy (non-hydrogen) atoms. The highest BCUT2D eigenvalue weighted by Crippen LogP contribution is 2.40. The molecular weight excluding hydrogens is 454 g/mol.